The van der Waals surface area contributed by atoms with E-state index in [1.807, 2.05) is 21.1 Å². The van der Waals surface area contributed by atoms with Gasteiger partial charge in [0.15, 0.2) is 6.10 Å². The van der Waals surface area contributed by atoms with Crippen molar-refractivity contribution < 1.29 is 42.1 Å². The molecule has 10 heteroatoms. The second-order valence-electron chi connectivity index (χ2n) is 25.9. The van der Waals surface area contributed by atoms with Crippen LogP contribution >= 0.6 is 7.82 Å². The molecule has 0 saturated carbocycles. The summed E-state index contributed by atoms with van der Waals surface area (Å²) in [4.78, 5) is 38.1. The molecule has 0 aliphatic heterocycles. The number of rotatable bonds is 68. The lowest BCUT2D eigenvalue weighted by Crippen LogP contribution is -2.37. The molecule has 0 N–H and O–H groups in total. The lowest BCUT2D eigenvalue weighted by atomic mass is 10.0. The zero-order valence-corrected chi connectivity index (χ0v) is 64.4. The van der Waals surface area contributed by atoms with Crippen molar-refractivity contribution >= 4 is 19.8 Å². The van der Waals surface area contributed by atoms with Gasteiger partial charge in [0.05, 0.1) is 27.7 Å². The van der Waals surface area contributed by atoms with Gasteiger partial charge in [-0.05, 0) is 167 Å². The maximum absolute atomic E-state index is 12.9. The van der Waals surface area contributed by atoms with E-state index >= 15 is 0 Å². The topological polar surface area (TPSA) is 111 Å². The van der Waals surface area contributed by atoms with Crippen molar-refractivity contribution in [3.63, 3.8) is 0 Å². The summed E-state index contributed by atoms with van der Waals surface area (Å²) in [7, 11) is 1.10. The number of unbranched alkanes of at least 4 members (excludes halogenated alkanes) is 14. The Morgan fingerprint density at radius 3 is 0.820 bits per heavy atom. The minimum absolute atomic E-state index is 0.0526. The van der Waals surface area contributed by atoms with Gasteiger partial charge in [-0.2, -0.15) is 0 Å². The summed E-state index contributed by atoms with van der Waals surface area (Å²) in [6, 6.07) is 0. The third-order valence-electron chi connectivity index (χ3n) is 15.4. The number of nitrogens with zero attached hydrogens (tertiary/aromatic N) is 1. The molecule has 0 aliphatic rings. The average Bonchev–Trinajstić information content (AvgIpc) is 1.07. The summed E-state index contributed by atoms with van der Waals surface area (Å²) in [5, 5.41) is 0. The highest BCUT2D eigenvalue weighted by molar-refractivity contribution is 7.45. The Balaban J connectivity index is 4.19. The van der Waals surface area contributed by atoms with Crippen molar-refractivity contribution in [2.24, 2.45) is 0 Å². The molecule has 9 nitrogen and oxygen atoms in total. The lowest BCUT2D eigenvalue weighted by Gasteiger charge is -2.28. The SMILES string of the molecule is CC/C=C\C/C=C\C/C=C\C/C=C\C/C=C\C/C=C\C/C=C\C/C=C\C/C=C\C/C=C\C/C=C\C/C=C\CCCCC(=O)OC(COC(=O)CCCCCCCCCCCCCC/C=C\C/C=C\C/C=C\C/C=C\C/C=C\C/C=C\C/C=C\C/C=C\CC)COP(=O)([O-])OCC[N+](C)(C)C. The zero-order chi connectivity index (χ0) is 72.5. The van der Waals surface area contributed by atoms with Crippen LogP contribution in [0.1, 0.15) is 258 Å². The van der Waals surface area contributed by atoms with Crippen LogP contribution in [0.5, 0.6) is 0 Å². The Bertz CT molecular complexity index is 2600. The smallest absolute Gasteiger partial charge is 0.306 e. The van der Waals surface area contributed by atoms with Gasteiger partial charge in [0.2, 0.25) is 0 Å². The fourth-order valence-corrected chi connectivity index (χ4v) is 10.3. The average molecular weight is 1400 g/mol. The molecular formula is C90H140NO8P. The molecule has 0 aliphatic carbocycles. The first-order valence-corrected chi connectivity index (χ1v) is 40.2. The van der Waals surface area contributed by atoms with Crippen LogP contribution < -0.4 is 4.89 Å². The van der Waals surface area contributed by atoms with Gasteiger partial charge >= 0.3 is 11.9 Å². The highest BCUT2D eigenvalue weighted by atomic mass is 31.2. The number of carbonyl (C=O) groups excluding carboxylic acids is 2. The Hall–Kier alpha value is -6.19. The molecule has 0 saturated heterocycles. The number of phosphoric ester groups is 1. The Labute approximate surface area is 613 Å². The van der Waals surface area contributed by atoms with Crippen LogP contribution in [0.2, 0.25) is 0 Å². The molecule has 2 atom stereocenters. The van der Waals surface area contributed by atoms with E-state index in [0.717, 1.165) is 167 Å². The fraction of sp³-hybridized carbons (Fsp3) is 0.533. The molecule has 0 amide bonds. The number of phosphoric acid groups is 1. The molecule has 2 unspecified atom stereocenters. The molecule has 0 radical (unpaired) electrons. The predicted molar refractivity (Wildman–Crippen MR) is 433 cm³/mol. The minimum Gasteiger partial charge on any atom is -0.756 e. The molecule has 0 aromatic heterocycles. The summed E-state index contributed by atoms with van der Waals surface area (Å²) in [6.07, 6.45) is 125. The first-order valence-electron chi connectivity index (χ1n) is 38.7. The summed E-state index contributed by atoms with van der Waals surface area (Å²) >= 11 is 0. The summed E-state index contributed by atoms with van der Waals surface area (Å²) in [5.74, 6) is -0.903. The summed E-state index contributed by atoms with van der Waals surface area (Å²) in [6.45, 7) is 3.93. The van der Waals surface area contributed by atoms with Gasteiger partial charge in [-0.15, -0.1) is 0 Å². The molecule has 0 spiro atoms. The molecule has 0 fully saturated rings. The van der Waals surface area contributed by atoms with Crippen molar-refractivity contribution in [1.82, 2.24) is 0 Å². The fourth-order valence-electron chi connectivity index (χ4n) is 9.54. The second-order valence-corrected chi connectivity index (χ2v) is 27.3. The van der Waals surface area contributed by atoms with E-state index in [-0.39, 0.29) is 26.1 Å². The number of likely N-dealkylation sites (N-methyl/N-ethyl adjacent to an activating group) is 1. The molecular weight excluding hydrogens is 1250 g/mol. The van der Waals surface area contributed by atoms with Gasteiger partial charge in [-0.25, -0.2) is 0 Å². The van der Waals surface area contributed by atoms with Gasteiger partial charge < -0.3 is 27.9 Å². The number of carbonyl (C=O) groups is 2. The number of hydrogen-bond donors (Lipinski definition) is 0. The van der Waals surface area contributed by atoms with E-state index in [9.17, 15) is 19.0 Å². The van der Waals surface area contributed by atoms with Gasteiger partial charge in [0, 0.05) is 12.8 Å². The highest BCUT2D eigenvalue weighted by Gasteiger charge is 2.22. The van der Waals surface area contributed by atoms with Crippen LogP contribution in [-0.2, 0) is 32.7 Å². The maximum Gasteiger partial charge on any atom is 0.306 e. The van der Waals surface area contributed by atoms with E-state index in [2.05, 4.69) is 257 Å². The molecule has 0 aromatic rings. The van der Waals surface area contributed by atoms with Crippen LogP contribution in [-0.4, -0.2) is 70.0 Å². The molecule has 100 heavy (non-hydrogen) atoms. The van der Waals surface area contributed by atoms with E-state index < -0.39 is 32.5 Å². The van der Waals surface area contributed by atoms with Crippen LogP contribution in [0.3, 0.4) is 0 Å². The monoisotopic (exact) mass is 1390 g/mol. The standard InChI is InChI=1S/C90H140NO8P/c1-6-8-10-12-14-16-18-20-22-24-26-28-30-32-34-36-38-40-42-44-45-47-49-51-53-55-57-59-61-63-65-67-69-71-73-75-77-79-81-83-90(93)99-88(87-98-100(94,95)97-85-84-91(3,4)5)86-96-89(92)82-80-78-76-74-72-70-68-66-64-62-60-58-56-54-52-50-48-46-43-41-39-37-35-33-31-29-27-25-23-21-19-17-15-13-11-9-7-2/h8-11,14-17,20-23,26-29,32-35,38-41,44-46,48-49,51-52,54-55,57,61,63,67,69,73,75,88H,6-7,12-13,18-19,24-25,30-31,36-37,42-43,47,50,53,56,58-60,62,64-66,68,70-72,74,76-87H2,1-5H3/b10-8-,11-9-,16-14-,17-15-,22-20-,23-21-,28-26-,29-27-,34-32-,35-33-,40-38-,41-39-,45-44-,48-46-,51-49-,54-52-,57-55-,63-61-,69-67-,75-73-. The quantitative estimate of drug-likeness (QED) is 0.0195. The van der Waals surface area contributed by atoms with Crippen molar-refractivity contribution in [2.45, 2.75) is 264 Å². The minimum atomic E-state index is -4.68. The molecule has 0 heterocycles. The third-order valence-corrected chi connectivity index (χ3v) is 16.3. The van der Waals surface area contributed by atoms with E-state index in [4.69, 9.17) is 18.5 Å². The van der Waals surface area contributed by atoms with Crippen LogP contribution in [0.4, 0.5) is 0 Å². The third kappa shape index (κ3) is 80.8. The molecule has 0 rings (SSSR count). The van der Waals surface area contributed by atoms with Crippen LogP contribution in [0.15, 0.2) is 243 Å². The first-order chi connectivity index (χ1) is 49.0. The van der Waals surface area contributed by atoms with Gasteiger partial charge in [-0.1, -0.05) is 321 Å². The predicted octanol–water partition coefficient (Wildman–Crippen LogP) is 25.6. The highest BCUT2D eigenvalue weighted by Crippen LogP contribution is 2.38. The number of ether oxygens (including phenoxy) is 2. The maximum atomic E-state index is 12.9. The number of hydrogen-bond acceptors (Lipinski definition) is 8. The van der Waals surface area contributed by atoms with Crippen molar-refractivity contribution in [3.8, 4) is 0 Å². The second kappa shape index (κ2) is 77.0. The molecule has 0 bridgehead atoms. The first kappa shape index (κ1) is 93.8. The zero-order valence-electron chi connectivity index (χ0n) is 63.5. The van der Waals surface area contributed by atoms with Crippen LogP contribution in [0.25, 0.3) is 0 Å². The molecule has 558 valence electrons. The van der Waals surface area contributed by atoms with Gasteiger partial charge in [0.1, 0.15) is 19.8 Å². The summed E-state index contributed by atoms with van der Waals surface area (Å²) < 4.78 is 34.3. The Kier molecular flexibility index (Phi) is 72.2. The largest absolute Gasteiger partial charge is 0.756 e. The van der Waals surface area contributed by atoms with E-state index in [0.29, 0.717) is 23.9 Å². The van der Waals surface area contributed by atoms with Crippen molar-refractivity contribution in [2.75, 3.05) is 47.5 Å². The normalized spacial score (nSPS) is 14.4. The number of allylic oxidation sites excluding steroid dienone is 40. The van der Waals surface area contributed by atoms with Crippen molar-refractivity contribution in [3.05, 3.63) is 243 Å². The lowest BCUT2D eigenvalue weighted by molar-refractivity contribution is -0.870. The number of quaternary nitrogens is 1. The summed E-state index contributed by atoms with van der Waals surface area (Å²) in [5.41, 5.74) is 0. The Morgan fingerprint density at radius 2 is 0.540 bits per heavy atom. The van der Waals surface area contributed by atoms with E-state index in [1.54, 1.807) is 0 Å². The van der Waals surface area contributed by atoms with Gasteiger partial charge in [0.25, 0.3) is 7.82 Å². The van der Waals surface area contributed by atoms with Gasteiger partial charge in [-0.3, -0.25) is 14.2 Å². The Morgan fingerprint density at radius 1 is 0.310 bits per heavy atom. The van der Waals surface area contributed by atoms with E-state index in [1.165, 1.54) is 51.4 Å². The molecule has 0 aromatic carbocycles. The van der Waals surface area contributed by atoms with Crippen LogP contribution in [0, 0.1) is 0 Å². The number of esters is 2. The van der Waals surface area contributed by atoms with Crippen molar-refractivity contribution in [1.29, 1.82) is 0 Å².